The first kappa shape index (κ1) is 14.1. The average Bonchev–Trinajstić information content (AvgIpc) is 2.93. The van der Waals surface area contributed by atoms with E-state index in [9.17, 15) is 9.90 Å². The van der Waals surface area contributed by atoms with Crippen molar-refractivity contribution in [3.63, 3.8) is 0 Å². The van der Waals surface area contributed by atoms with Crippen LogP contribution in [0, 0.1) is 0 Å². The monoisotopic (exact) mass is 261 g/mol. The first-order valence-electron chi connectivity index (χ1n) is 7.22. The number of rotatable bonds is 5. The highest BCUT2D eigenvalue weighted by molar-refractivity contribution is 5.77. The van der Waals surface area contributed by atoms with E-state index in [1.165, 1.54) is 11.1 Å². The molecule has 0 bridgehead atoms. The fourth-order valence-corrected chi connectivity index (χ4v) is 2.69. The summed E-state index contributed by atoms with van der Waals surface area (Å²) in [5.41, 5.74) is 2.54. The second-order valence-electron chi connectivity index (χ2n) is 5.24. The second kappa shape index (κ2) is 6.71. The first-order valence-corrected chi connectivity index (χ1v) is 7.22. The standard InChI is InChI=1S/C16H23NO2/c1-2-13-5-7-14(8-6-13)9-10-16(19)17-11-3-4-15(17)12-18/h5-8,15,18H,2-4,9-12H2,1H3/t15-/m0/s1. The van der Waals surface area contributed by atoms with Crippen molar-refractivity contribution < 1.29 is 9.90 Å². The van der Waals surface area contributed by atoms with E-state index in [0.717, 1.165) is 32.2 Å². The topological polar surface area (TPSA) is 40.5 Å². The van der Waals surface area contributed by atoms with Crippen molar-refractivity contribution in [2.24, 2.45) is 0 Å². The molecule has 1 aromatic carbocycles. The zero-order chi connectivity index (χ0) is 13.7. The summed E-state index contributed by atoms with van der Waals surface area (Å²) in [6.45, 7) is 3.04. The molecule has 104 valence electrons. The molecule has 1 aromatic rings. The van der Waals surface area contributed by atoms with Crippen LogP contribution >= 0.6 is 0 Å². The number of amides is 1. The Bertz CT molecular complexity index is 413. The highest BCUT2D eigenvalue weighted by atomic mass is 16.3. The Hall–Kier alpha value is -1.35. The van der Waals surface area contributed by atoms with Crippen molar-refractivity contribution in [2.75, 3.05) is 13.2 Å². The molecule has 1 heterocycles. The van der Waals surface area contributed by atoms with Gasteiger partial charge in [0.2, 0.25) is 5.91 Å². The number of nitrogens with zero attached hydrogens (tertiary/aromatic N) is 1. The third-order valence-electron chi connectivity index (χ3n) is 3.97. The van der Waals surface area contributed by atoms with Gasteiger partial charge >= 0.3 is 0 Å². The number of aliphatic hydroxyl groups is 1. The Morgan fingerprint density at radius 3 is 2.63 bits per heavy atom. The summed E-state index contributed by atoms with van der Waals surface area (Å²) in [6, 6.07) is 8.53. The molecule has 0 spiro atoms. The van der Waals surface area contributed by atoms with Gasteiger partial charge in [0.15, 0.2) is 0 Å². The van der Waals surface area contributed by atoms with Gasteiger partial charge in [-0.05, 0) is 36.8 Å². The molecule has 1 atom stereocenters. The lowest BCUT2D eigenvalue weighted by Crippen LogP contribution is -2.37. The minimum absolute atomic E-state index is 0.0509. The van der Waals surface area contributed by atoms with Crippen molar-refractivity contribution in [1.82, 2.24) is 4.90 Å². The quantitative estimate of drug-likeness (QED) is 0.882. The molecule has 1 fully saturated rings. The van der Waals surface area contributed by atoms with E-state index in [1.807, 2.05) is 4.90 Å². The second-order valence-corrected chi connectivity index (χ2v) is 5.24. The van der Waals surface area contributed by atoms with E-state index in [2.05, 4.69) is 31.2 Å². The molecule has 0 aromatic heterocycles. The highest BCUT2D eigenvalue weighted by Crippen LogP contribution is 2.18. The fourth-order valence-electron chi connectivity index (χ4n) is 2.69. The predicted molar refractivity (Wildman–Crippen MR) is 76.0 cm³/mol. The highest BCUT2D eigenvalue weighted by Gasteiger charge is 2.27. The molecular weight excluding hydrogens is 238 g/mol. The van der Waals surface area contributed by atoms with E-state index in [4.69, 9.17) is 0 Å². The summed E-state index contributed by atoms with van der Waals surface area (Å²) < 4.78 is 0. The van der Waals surface area contributed by atoms with E-state index >= 15 is 0 Å². The van der Waals surface area contributed by atoms with Gasteiger partial charge in [0.05, 0.1) is 12.6 Å². The van der Waals surface area contributed by atoms with E-state index < -0.39 is 0 Å². The van der Waals surface area contributed by atoms with Gasteiger partial charge in [0.25, 0.3) is 0 Å². The maximum Gasteiger partial charge on any atom is 0.223 e. The number of carbonyl (C=O) groups is 1. The largest absolute Gasteiger partial charge is 0.394 e. The Kier molecular flexibility index (Phi) is 4.97. The molecule has 1 aliphatic rings. The molecular formula is C16H23NO2. The molecule has 1 saturated heterocycles. The van der Waals surface area contributed by atoms with Crippen LogP contribution in [0.5, 0.6) is 0 Å². The summed E-state index contributed by atoms with van der Waals surface area (Å²) in [4.78, 5) is 14.0. The molecule has 2 rings (SSSR count). The Labute approximate surface area is 115 Å². The SMILES string of the molecule is CCc1ccc(CCC(=O)N2CCC[C@H]2CO)cc1. The molecule has 0 radical (unpaired) electrons. The normalized spacial score (nSPS) is 18.8. The Balaban J connectivity index is 1.85. The zero-order valence-electron chi connectivity index (χ0n) is 11.6. The van der Waals surface area contributed by atoms with Gasteiger partial charge in [0, 0.05) is 13.0 Å². The number of benzene rings is 1. The molecule has 1 N–H and O–H groups in total. The third kappa shape index (κ3) is 3.57. The zero-order valence-corrected chi connectivity index (χ0v) is 11.6. The Morgan fingerprint density at radius 2 is 2.00 bits per heavy atom. The lowest BCUT2D eigenvalue weighted by molar-refractivity contribution is -0.132. The van der Waals surface area contributed by atoms with E-state index in [-0.39, 0.29) is 18.6 Å². The van der Waals surface area contributed by atoms with Crippen LogP contribution in [0.25, 0.3) is 0 Å². The number of carbonyl (C=O) groups excluding carboxylic acids is 1. The summed E-state index contributed by atoms with van der Waals surface area (Å²) >= 11 is 0. The van der Waals surface area contributed by atoms with E-state index in [0.29, 0.717) is 6.42 Å². The number of aliphatic hydroxyl groups excluding tert-OH is 1. The summed E-state index contributed by atoms with van der Waals surface area (Å²) in [7, 11) is 0. The summed E-state index contributed by atoms with van der Waals surface area (Å²) in [5.74, 6) is 0.177. The third-order valence-corrected chi connectivity index (χ3v) is 3.97. The number of aryl methyl sites for hydroxylation is 2. The van der Waals surface area contributed by atoms with Gasteiger partial charge < -0.3 is 10.0 Å². The van der Waals surface area contributed by atoms with Gasteiger partial charge in [-0.15, -0.1) is 0 Å². The van der Waals surface area contributed by atoms with Gasteiger partial charge in [-0.25, -0.2) is 0 Å². The lowest BCUT2D eigenvalue weighted by atomic mass is 10.1. The maximum absolute atomic E-state index is 12.1. The van der Waals surface area contributed by atoms with E-state index in [1.54, 1.807) is 0 Å². The van der Waals surface area contributed by atoms with Crippen LogP contribution in [0.15, 0.2) is 24.3 Å². The number of likely N-dealkylation sites (tertiary alicyclic amines) is 1. The van der Waals surface area contributed by atoms with Crippen LogP contribution in [0.4, 0.5) is 0 Å². The fraction of sp³-hybridized carbons (Fsp3) is 0.562. The molecule has 1 aliphatic heterocycles. The van der Waals surface area contributed by atoms with Crippen LogP contribution in [0.3, 0.4) is 0 Å². The molecule has 19 heavy (non-hydrogen) atoms. The lowest BCUT2D eigenvalue weighted by Gasteiger charge is -2.23. The molecule has 0 saturated carbocycles. The number of hydrogen-bond donors (Lipinski definition) is 1. The van der Waals surface area contributed by atoms with Crippen LogP contribution in [-0.4, -0.2) is 35.1 Å². The summed E-state index contributed by atoms with van der Waals surface area (Å²) in [6.07, 6.45) is 4.33. The van der Waals surface area contributed by atoms with Gasteiger partial charge in [-0.2, -0.15) is 0 Å². The van der Waals surface area contributed by atoms with Crippen molar-refractivity contribution in [1.29, 1.82) is 0 Å². The average molecular weight is 261 g/mol. The molecule has 3 nitrogen and oxygen atoms in total. The Morgan fingerprint density at radius 1 is 1.32 bits per heavy atom. The van der Waals surface area contributed by atoms with Crippen LogP contribution < -0.4 is 0 Å². The maximum atomic E-state index is 12.1. The van der Waals surface area contributed by atoms with Crippen molar-refractivity contribution in [2.45, 2.75) is 45.1 Å². The van der Waals surface area contributed by atoms with Crippen LogP contribution in [-0.2, 0) is 17.6 Å². The van der Waals surface area contributed by atoms with Crippen molar-refractivity contribution in [3.8, 4) is 0 Å². The van der Waals surface area contributed by atoms with Gasteiger partial charge in [-0.3, -0.25) is 4.79 Å². The molecule has 1 amide bonds. The molecule has 3 heteroatoms. The number of hydrogen-bond acceptors (Lipinski definition) is 2. The predicted octanol–water partition coefficient (Wildman–Crippen LogP) is 2.16. The van der Waals surface area contributed by atoms with Crippen molar-refractivity contribution in [3.05, 3.63) is 35.4 Å². The minimum atomic E-state index is 0.0509. The van der Waals surface area contributed by atoms with Crippen LogP contribution in [0.2, 0.25) is 0 Å². The molecule has 0 aliphatic carbocycles. The first-order chi connectivity index (χ1) is 9.24. The summed E-state index contributed by atoms with van der Waals surface area (Å²) in [5, 5.41) is 9.23. The minimum Gasteiger partial charge on any atom is -0.394 e. The van der Waals surface area contributed by atoms with Gasteiger partial charge in [-0.1, -0.05) is 31.2 Å². The smallest absolute Gasteiger partial charge is 0.223 e. The van der Waals surface area contributed by atoms with Crippen LogP contribution in [0.1, 0.15) is 37.3 Å². The molecule has 0 unspecified atom stereocenters. The van der Waals surface area contributed by atoms with Crippen molar-refractivity contribution >= 4 is 5.91 Å². The van der Waals surface area contributed by atoms with Gasteiger partial charge in [0.1, 0.15) is 0 Å².